The topological polar surface area (TPSA) is 25.8 Å². The smallest absolute Gasteiger partial charge is 0.151 e. The average Bonchev–Trinajstić information content (AvgIpc) is 2.30. The Morgan fingerprint density at radius 1 is 1.13 bits per heavy atom. The molecule has 0 saturated carbocycles. The van der Waals surface area contributed by atoms with Crippen LogP contribution in [0.3, 0.4) is 0 Å². The van der Waals surface area contributed by atoms with Gasteiger partial charge in [0.25, 0.3) is 0 Å². The van der Waals surface area contributed by atoms with Gasteiger partial charge >= 0.3 is 0 Å². The molecule has 0 aliphatic heterocycles. The molecule has 1 aromatic rings. The molecule has 2 rings (SSSR count). The fraction of sp³-hybridized carbons (Fsp3) is 0.167. The summed E-state index contributed by atoms with van der Waals surface area (Å²) in [6.45, 7) is 0. The second kappa shape index (κ2) is 5.08. The van der Waals surface area contributed by atoms with Crippen molar-refractivity contribution in [2.24, 2.45) is 0 Å². The van der Waals surface area contributed by atoms with Crippen molar-refractivity contribution >= 4 is 11.6 Å². The maximum absolute atomic E-state index is 5.65. The first-order valence-electron chi connectivity index (χ1n) is 4.69. The zero-order valence-electron chi connectivity index (χ0n) is 8.07. The first kappa shape index (κ1) is 10.4. The van der Waals surface area contributed by atoms with Crippen molar-refractivity contribution in [3.05, 3.63) is 59.6 Å². The van der Waals surface area contributed by atoms with E-state index in [1.54, 1.807) is 6.07 Å². The highest BCUT2D eigenvalue weighted by molar-refractivity contribution is 6.29. The van der Waals surface area contributed by atoms with Gasteiger partial charge in [-0.25, -0.2) is 0 Å². The second-order valence-electron chi connectivity index (χ2n) is 3.19. The molecule has 3 heteroatoms. The van der Waals surface area contributed by atoms with Crippen LogP contribution in [0.25, 0.3) is 0 Å². The van der Waals surface area contributed by atoms with Crippen molar-refractivity contribution in [1.82, 2.24) is 10.2 Å². The fourth-order valence-corrected chi connectivity index (χ4v) is 1.38. The molecule has 0 spiro atoms. The van der Waals surface area contributed by atoms with Gasteiger partial charge in [0, 0.05) is 12.8 Å². The van der Waals surface area contributed by atoms with Crippen molar-refractivity contribution in [2.75, 3.05) is 0 Å². The number of aromatic nitrogens is 2. The number of rotatable bonds is 3. The molecule has 0 saturated heterocycles. The molecular weight excluding hydrogens is 208 g/mol. The molecule has 0 atom stereocenters. The Bertz CT molecular complexity index is 379. The van der Waals surface area contributed by atoms with Gasteiger partial charge in [-0.3, -0.25) is 0 Å². The Morgan fingerprint density at radius 3 is 2.73 bits per heavy atom. The Morgan fingerprint density at radius 2 is 2.07 bits per heavy atom. The monoisotopic (exact) mass is 216 g/mol. The van der Waals surface area contributed by atoms with Crippen LogP contribution in [-0.2, 0) is 6.42 Å². The number of allylic oxidation sites excluding steroid dienone is 4. The molecule has 15 heavy (non-hydrogen) atoms. The van der Waals surface area contributed by atoms with E-state index in [-0.39, 0.29) is 0 Å². The normalized spacial score (nSPS) is 15.1. The van der Waals surface area contributed by atoms with Crippen LogP contribution in [0.1, 0.15) is 12.1 Å². The van der Waals surface area contributed by atoms with Gasteiger partial charge < -0.3 is 0 Å². The number of halogens is 1. The van der Waals surface area contributed by atoms with E-state index in [1.807, 2.05) is 24.3 Å². The van der Waals surface area contributed by atoms with Crippen LogP contribution >= 0.6 is 11.6 Å². The Kier molecular flexibility index (Phi) is 3.51. The number of aryl methyl sites for hydroxylation is 1. The van der Waals surface area contributed by atoms with Crippen LogP contribution in [-0.4, -0.2) is 10.2 Å². The summed E-state index contributed by atoms with van der Waals surface area (Å²) in [5.74, 6) is 0. The number of hydrogen-bond donors (Lipinski definition) is 0. The van der Waals surface area contributed by atoms with Gasteiger partial charge in [-0.2, -0.15) is 5.10 Å². The lowest BCUT2D eigenvalue weighted by atomic mass is 10.0. The van der Waals surface area contributed by atoms with Gasteiger partial charge in [0.2, 0.25) is 0 Å². The molecular formula is C12H9ClN2. The first-order valence-corrected chi connectivity index (χ1v) is 5.07. The standard InChI is InChI=1S/C12H9ClN2/c13-12-9-8-11(14-15-12)7-6-10-4-2-1-3-5-10/h2,4-5,8-9H,6-7H2. The van der Waals surface area contributed by atoms with Gasteiger partial charge in [-0.05, 0) is 25.0 Å². The van der Waals surface area contributed by atoms with E-state index in [4.69, 9.17) is 11.6 Å². The SMILES string of the molecule is Clc1ccc(CCC2=C[C][C]C=C2)nn1. The molecule has 0 unspecified atom stereocenters. The molecule has 1 heterocycles. The highest BCUT2D eigenvalue weighted by Crippen LogP contribution is 2.14. The summed E-state index contributed by atoms with van der Waals surface area (Å²) in [4.78, 5) is 0. The lowest BCUT2D eigenvalue weighted by Gasteiger charge is -2.05. The van der Waals surface area contributed by atoms with Crippen molar-refractivity contribution in [3.8, 4) is 0 Å². The largest absolute Gasteiger partial charge is 0.154 e. The second-order valence-corrected chi connectivity index (χ2v) is 3.58. The fourth-order valence-electron chi connectivity index (χ4n) is 1.28. The molecule has 1 aromatic heterocycles. The quantitative estimate of drug-likeness (QED) is 0.777. The Balaban J connectivity index is 1.90. The third-order valence-electron chi connectivity index (χ3n) is 2.08. The lowest BCUT2D eigenvalue weighted by Crippen LogP contribution is -1.95. The molecule has 74 valence electrons. The van der Waals surface area contributed by atoms with Crippen LogP contribution in [0.5, 0.6) is 0 Å². The van der Waals surface area contributed by atoms with E-state index < -0.39 is 0 Å². The summed E-state index contributed by atoms with van der Waals surface area (Å²) in [5, 5.41) is 8.22. The summed E-state index contributed by atoms with van der Waals surface area (Å²) in [6.07, 6.45) is 13.4. The third kappa shape index (κ3) is 3.17. The molecule has 0 aromatic carbocycles. The van der Waals surface area contributed by atoms with Crippen LogP contribution in [0, 0.1) is 12.8 Å². The molecule has 1 aliphatic carbocycles. The van der Waals surface area contributed by atoms with Crippen molar-refractivity contribution in [1.29, 1.82) is 0 Å². The predicted molar refractivity (Wildman–Crippen MR) is 59.1 cm³/mol. The summed E-state index contributed by atoms with van der Waals surface area (Å²) >= 11 is 5.65. The molecule has 2 nitrogen and oxygen atoms in total. The molecule has 1 aliphatic rings. The van der Waals surface area contributed by atoms with Gasteiger partial charge in [0.1, 0.15) is 0 Å². The maximum Gasteiger partial charge on any atom is 0.151 e. The molecule has 0 bridgehead atoms. The van der Waals surface area contributed by atoms with E-state index in [0.29, 0.717) is 5.15 Å². The highest BCUT2D eigenvalue weighted by atomic mass is 35.5. The number of hydrogen-bond acceptors (Lipinski definition) is 2. The van der Waals surface area contributed by atoms with E-state index >= 15 is 0 Å². The maximum atomic E-state index is 5.65. The molecule has 0 N–H and O–H groups in total. The molecule has 0 amide bonds. The third-order valence-corrected chi connectivity index (χ3v) is 2.28. The highest BCUT2D eigenvalue weighted by Gasteiger charge is 2.01. The van der Waals surface area contributed by atoms with Gasteiger partial charge in [-0.15, -0.1) is 5.10 Å². The van der Waals surface area contributed by atoms with Gasteiger partial charge in [0.15, 0.2) is 5.15 Å². The average molecular weight is 217 g/mol. The van der Waals surface area contributed by atoms with Crippen LogP contribution in [0.4, 0.5) is 0 Å². The zero-order chi connectivity index (χ0) is 10.5. The summed E-state index contributed by atoms with van der Waals surface area (Å²) < 4.78 is 0. The van der Waals surface area contributed by atoms with Crippen molar-refractivity contribution < 1.29 is 0 Å². The van der Waals surface area contributed by atoms with E-state index in [1.165, 1.54) is 5.57 Å². The van der Waals surface area contributed by atoms with E-state index in [2.05, 4.69) is 23.0 Å². The van der Waals surface area contributed by atoms with Crippen LogP contribution in [0.15, 0.2) is 35.9 Å². The van der Waals surface area contributed by atoms with Gasteiger partial charge in [0.05, 0.1) is 5.69 Å². The van der Waals surface area contributed by atoms with Crippen molar-refractivity contribution in [2.45, 2.75) is 12.8 Å². The Labute approximate surface area is 94.7 Å². The number of nitrogens with zero attached hydrogens (tertiary/aromatic N) is 2. The summed E-state index contributed by atoms with van der Waals surface area (Å²) in [5.41, 5.74) is 2.18. The minimum Gasteiger partial charge on any atom is -0.154 e. The molecule has 0 fully saturated rings. The van der Waals surface area contributed by atoms with E-state index in [0.717, 1.165) is 18.5 Å². The lowest BCUT2D eigenvalue weighted by molar-refractivity contribution is 0.860. The van der Waals surface area contributed by atoms with Crippen LogP contribution < -0.4 is 0 Å². The minimum absolute atomic E-state index is 0.432. The van der Waals surface area contributed by atoms with Crippen molar-refractivity contribution in [3.63, 3.8) is 0 Å². The summed E-state index contributed by atoms with van der Waals surface area (Å²) in [6, 6.07) is 3.66. The zero-order valence-corrected chi connectivity index (χ0v) is 8.83. The van der Waals surface area contributed by atoms with Crippen LogP contribution in [0.2, 0.25) is 5.15 Å². The summed E-state index contributed by atoms with van der Waals surface area (Å²) in [7, 11) is 0. The Hall–Kier alpha value is -1.15. The molecule has 4 radical (unpaired) electrons. The van der Waals surface area contributed by atoms with E-state index in [9.17, 15) is 0 Å². The first-order chi connectivity index (χ1) is 7.34. The predicted octanol–water partition coefficient (Wildman–Crippen LogP) is 2.72. The van der Waals surface area contributed by atoms with Gasteiger partial charge in [-0.1, -0.05) is 35.4 Å². The minimum atomic E-state index is 0.432.